The third-order valence-electron chi connectivity index (χ3n) is 4.12. The van der Waals surface area contributed by atoms with E-state index in [4.69, 9.17) is 0 Å². The standard InChI is InChI=1S/C17H30/c1-6-8-16(9-7-2)17-11-13(3)10-14(4)15(5)12-17/h11-14,16H,6-10H2,1-5H3. The van der Waals surface area contributed by atoms with Crippen molar-refractivity contribution in [2.75, 3.05) is 0 Å². The van der Waals surface area contributed by atoms with E-state index in [1.807, 2.05) is 0 Å². The van der Waals surface area contributed by atoms with Crippen LogP contribution in [-0.4, -0.2) is 0 Å². The Balaban J connectivity index is 2.89. The third kappa shape index (κ3) is 4.33. The van der Waals surface area contributed by atoms with Gasteiger partial charge in [0, 0.05) is 0 Å². The topological polar surface area (TPSA) is 0 Å². The van der Waals surface area contributed by atoms with Gasteiger partial charge in [-0.25, -0.2) is 0 Å². The van der Waals surface area contributed by atoms with Crippen LogP contribution in [0.15, 0.2) is 23.3 Å². The minimum absolute atomic E-state index is 0.741. The molecule has 0 heteroatoms. The van der Waals surface area contributed by atoms with Crippen LogP contribution < -0.4 is 0 Å². The second-order valence-electron chi connectivity index (χ2n) is 5.94. The summed E-state index contributed by atoms with van der Waals surface area (Å²) in [6.07, 6.45) is 11.7. The lowest BCUT2D eigenvalue weighted by Crippen LogP contribution is -2.03. The molecule has 98 valence electrons. The zero-order valence-electron chi connectivity index (χ0n) is 12.4. The lowest BCUT2D eigenvalue weighted by atomic mass is 9.88. The third-order valence-corrected chi connectivity index (χ3v) is 4.12. The fraction of sp³-hybridized carbons (Fsp3) is 0.765. The van der Waals surface area contributed by atoms with E-state index in [2.05, 4.69) is 46.8 Å². The summed E-state index contributed by atoms with van der Waals surface area (Å²) < 4.78 is 0. The molecule has 2 atom stereocenters. The maximum Gasteiger partial charge on any atom is -0.0165 e. The number of rotatable bonds is 5. The average molecular weight is 234 g/mol. The molecule has 0 aliphatic heterocycles. The van der Waals surface area contributed by atoms with Crippen LogP contribution >= 0.6 is 0 Å². The molecule has 0 bridgehead atoms. The Bertz CT molecular complexity index is 276. The molecule has 0 heterocycles. The smallest absolute Gasteiger partial charge is 0.0165 e. The van der Waals surface area contributed by atoms with Gasteiger partial charge in [0.15, 0.2) is 0 Å². The number of hydrogen-bond acceptors (Lipinski definition) is 0. The van der Waals surface area contributed by atoms with Crippen LogP contribution in [0.1, 0.15) is 66.7 Å². The Labute approximate surface area is 108 Å². The van der Waals surface area contributed by atoms with Crippen molar-refractivity contribution in [3.63, 3.8) is 0 Å². The predicted octanol–water partition coefficient (Wildman–Crippen LogP) is 5.75. The molecule has 1 aliphatic rings. The van der Waals surface area contributed by atoms with Gasteiger partial charge in [-0.05, 0) is 49.5 Å². The van der Waals surface area contributed by atoms with E-state index in [0.717, 1.165) is 17.8 Å². The van der Waals surface area contributed by atoms with Gasteiger partial charge in [0.25, 0.3) is 0 Å². The maximum absolute atomic E-state index is 2.54. The second kappa shape index (κ2) is 7.03. The van der Waals surface area contributed by atoms with E-state index < -0.39 is 0 Å². The van der Waals surface area contributed by atoms with Crippen LogP contribution in [0.3, 0.4) is 0 Å². The summed E-state index contributed by atoms with van der Waals surface area (Å²) in [6, 6.07) is 0. The molecular formula is C17H30. The maximum atomic E-state index is 2.54. The summed E-state index contributed by atoms with van der Waals surface area (Å²) in [5.74, 6) is 2.29. The Morgan fingerprint density at radius 3 is 2.29 bits per heavy atom. The van der Waals surface area contributed by atoms with Crippen molar-refractivity contribution in [2.24, 2.45) is 17.8 Å². The second-order valence-corrected chi connectivity index (χ2v) is 5.94. The van der Waals surface area contributed by atoms with E-state index >= 15 is 0 Å². The Morgan fingerprint density at radius 2 is 1.76 bits per heavy atom. The summed E-state index contributed by atoms with van der Waals surface area (Å²) in [7, 11) is 0. The molecule has 0 nitrogen and oxygen atoms in total. The lowest BCUT2D eigenvalue weighted by Gasteiger charge is -2.18. The molecule has 0 N–H and O–H groups in total. The molecule has 0 aromatic heterocycles. The minimum Gasteiger partial charge on any atom is -0.0782 e. The van der Waals surface area contributed by atoms with Gasteiger partial charge in [-0.1, -0.05) is 58.3 Å². The van der Waals surface area contributed by atoms with Gasteiger partial charge in [-0.2, -0.15) is 0 Å². The van der Waals surface area contributed by atoms with Crippen molar-refractivity contribution in [3.05, 3.63) is 23.3 Å². The van der Waals surface area contributed by atoms with Crippen LogP contribution in [0.4, 0.5) is 0 Å². The quantitative estimate of drug-likeness (QED) is 0.568. The van der Waals surface area contributed by atoms with Crippen LogP contribution in [-0.2, 0) is 0 Å². The SMILES string of the molecule is CCCC(CCC)C1=CC(C)CC(C)C(C)=C1. The first kappa shape index (κ1) is 14.5. The highest BCUT2D eigenvalue weighted by atomic mass is 14.2. The van der Waals surface area contributed by atoms with E-state index in [0.29, 0.717) is 0 Å². The summed E-state index contributed by atoms with van der Waals surface area (Å²) in [5.41, 5.74) is 3.21. The fourth-order valence-electron chi connectivity index (χ4n) is 3.02. The lowest BCUT2D eigenvalue weighted by molar-refractivity contribution is 0.502. The van der Waals surface area contributed by atoms with Crippen molar-refractivity contribution >= 4 is 0 Å². The average Bonchev–Trinajstić information content (AvgIpc) is 2.38. The fourth-order valence-corrected chi connectivity index (χ4v) is 3.02. The summed E-state index contributed by atoms with van der Waals surface area (Å²) in [4.78, 5) is 0. The van der Waals surface area contributed by atoms with Crippen LogP contribution in [0.25, 0.3) is 0 Å². The molecule has 0 aromatic carbocycles. The van der Waals surface area contributed by atoms with Crippen LogP contribution in [0.2, 0.25) is 0 Å². The van der Waals surface area contributed by atoms with E-state index in [-0.39, 0.29) is 0 Å². The Kier molecular flexibility index (Phi) is 6.02. The van der Waals surface area contributed by atoms with E-state index in [1.54, 1.807) is 11.1 Å². The van der Waals surface area contributed by atoms with Gasteiger partial charge < -0.3 is 0 Å². The Morgan fingerprint density at radius 1 is 1.18 bits per heavy atom. The summed E-state index contributed by atoms with van der Waals surface area (Å²) >= 11 is 0. The monoisotopic (exact) mass is 234 g/mol. The first-order valence-corrected chi connectivity index (χ1v) is 7.48. The molecule has 1 rings (SSSR count). The molecule has 0 saturated carbocycles. The largest absolute Gasteiger partial charge is 0.0782 e. The molecule has 0 spiro atoms. The minimum atomic E-state index is 0.741. The van der Waals surface area contributed by atoms with Crippen molar-refractivity contribution in [3.8, 4) is 0 Å². The van der Waals surface area contributed by atoms with Crippen molar-refractivity contribution in [1.29, 1.82) is 0 Å². The van der Waals surface area contributed by atoms with Crippen LogP contribution in [0.5, 0.6) is 0 Å². The normalized spacial score (nSPS) is 25.5. The highest BCUT2D eigenvalue weighted by Gasteiger charge is 2.18. The first-order valence-electron chi connectivity index (χ1n) is 7.48. The molecule has 0 fully saturated rings. The summed E-state index contributed by atoms with van der Waals surface area (Å²) in [6.45, 7) is 11.7. The van der Waals surface area contributed by atoms with Gasteiger partial charge in [-0.15, -0.1) is 0 Å². The molecule has 0 aromatic rings. The first-order chi connectivity index (χ1) is 8.08. The van der Waals surface area contributed by atoms with Crippen molar-refractivity contribution < 1.29 is 0 Å². The van der Waals surface area contributed by atoms with E-state index in [9.17, 15) is 0 Å². The zero-order chi connectivity index (χ0) is 12.8. The molecule has 2 unspecified atom stereocenters. The number of allylic oxidation sites excluding steroid dienone is 4. The zero-order valence-corrected chi connectivity index (χ0v) is 12.4. The highest BCUT2D eigenvalue weighted by Crippen LogP contribution is 2.32. The predicted molar refractivity (Wildman–Crippen MR) is 78.1 cm³/mol. The molecular weight excluding hydrogens is 204 g/mol. The molecule has 0 radical (unpaired) electrons. The summed E-state index contributed by atoms with van der Waals surface area (Å²) in [5, 5.41) is 0. The molecule has 17 heavy (non-hydrogen) atoms. The van der Waals surface area contributed by atoms with E-state index in [1.165, 1.54) is 32.1 Å². The molecule has 0 amide bonds. The van der Waals surface area contributed by atoms with Crippen molar-refractivity contribution in [2.45, 2.75) is 66.7 Å². The van der Waals surface area contributed by atoms with Crippen molar-refractivity contribution in [1.82, 2.24) is 0 Å². The van der Waals surface area contributed by atoms with Gasteiger partial charge >= 0.3 is 0 Å². The van der Waals surface area contributed by atoms with Gasteiger partial charge in [0.1, 0.15) is 0 Å². The molecule has 1 aliphatic carbocycles. The van der Waals surface area contributed by atoms with Gasteiger partial charge in [-0.3, -0.25) is 0 Å². The van der Waals surface area contributed by atoms with Gasteiger partial charge in [0.05, 0.1) is 0 Å². The van der Waals surface area contributed by atoms with Gasteiger partial charge in [0.2, 0.25) is 0 Å². The van der Waals surface area contributed by atoms with Crippen LogP contribution in [0, 0.1) is 17.8 Å². The Hall–Kier alpha value is -0.520. The highest BCUT2D eigenvalue weighted by molar-refractivity contribution is 5.29. The number of hydrogen-bond donors (Lipinski definition) is 0. The molecule has 0 saturated heterocycles.